The first-order valence-electron chi connectivity index (χ1n) is 8.07. The third-order valence-electron chi connectivity index (χ3n) is 5.43. The van der Waals surface area contributed by atoms with Crippen molar-refractivity contribution in [2.75, 3.05) is 13.1 Å². The van der Waals surface area contributed by atoms with Crippen LogP contribution < -0.4 is 5.73 Å². The van der Waals surface area contributed by atoms with Crippen LogP contribution in [0.15, 0.2) is 0 Å². The van der Waals surface area contributed by atoms with Crippen molar-refractivity contribution in [2.45, 2.75) is 71.4 Å². The third-order valence-corrected chi connectivity index (χ3v) is 5.43. The van der Waals surface area contributed by atoms with Gasteiger partial charge in [0.25, 0.3) is 0 Å². The van der Waals surface area contributed by atoms with Gasteiger partial charge in [-0.1, -0.05) is 20.3 Å². The number of rotatable bonds is 3. The van der Waals surface area contributed by atoms with Crippen molar-refractivity contribution in [2.24, 2.45) is 23.5 Å². The van der Waals surface area contributed by atoms with Crippen molar-refractivity contribution >= 4 is 0 Å². The molecule has 2 heteroatoms. The predicted molar refractivity (Wildman–Crippen MR) is 78.5 cm³/mol. The van der Waals surface area contributed by atoms with Gasteiger partial charge in [0.15, 0.2) is 0 Å². The number of hydrogen-bond acceptors (Lipinski definition) is 2. The lowest BCUT2D eigenvalue weighted by molar-refractivity contribution is 0.0934. The second kappa shape index (κ2) is 6.38. The fourth-order valence-corrected chi connectivity index (χ4v) is 3.87. The zero-order valence-electron chi connectivity index (χ0n) is 12.6. The Morgan fingerprint density at radius 3 is 2.61 bits per heavy atom. The fraction of sp³-hybridized carbons (Fsp3) is 1.00. The van der Waals surface area contributed by atoms with E-state index >= 15 is 0 Å². The van der Waals surface area contributed by atoms with Gasteiger partial charge in [0.2, 0.25) is 0 Å². The average Bonchev–Trinajstić information content (AvgIpc) is 2.34. The molecule has 1 saturated carbocycles. The van der Waals surface area contributed by atoms with E-state index in [1.165, 1.54) is 51.6 Å². The number of likely N-dealkylation sites (tertiary alicyclic amines) is 1. The predicted octanol–water partition coefficient (Wildman–Crippen LogP) is 3.26. The van der Waals surface area contributed by atoms with E-state index in [9.17, 15) is 0 Å². The van der Waals surface area contributed by atoms with Gasteiger partial charge in [0.1, 0.15) is 0 Å². The molecular weight excluding hydrogens is 220 g/mol. The molecule has 4 unspecified atom stereocenters. The van der Waals surface area contributed by atoms with E-state index in [-0.39, 0.29) is 0 Å². The van der Waals surface area contributed by atoms with Crippen LogP contribution in [0.3, 0.4) is 0 Å². The summed E-state index contributed by atoms with van der Waals surface area (Å²) in [4.78, 5) is 2.71. The first kappa shape index (κ1) is 14.3. The molecule has 0 aromatic heterocycles. The van der Waals surface area contributed by atoms with Gasteiger partial charge in [0, 0.05) is 18.6 Å². The standard InChI is InChI=1S/C16H32N2/c1-12(2)14-7-8-16(17)15(10-14)11-18-9-5-4-6-13(18)3/h12-16H,4-11,17H2,1-3H3. The van der Waals surface area contributed by atoms with Crippen LogP contribution in [0.5, 0.6) is 0 Å². The van der Waals surface area contributed by atoms with Crippen molar-refractivity contribution in [3.8, 4) is 0 Å². The molecule has 0 aromatic rings. The molecular formula is C16H32N2. The normalized spacial score (nSPS) is 39.2. The Balaban J connectivity index is 1.89. The Morgan fingerprint density at radius 1 is 1.17 bits per heavy atom. The highest BCUT2D eigenvalue weighted by molar-refractivity contribution is 4.87. The van der Waals surface area contributed by atoms with Crippen molar-refractivity contribution < 1.29 is 0 Å². The Bertz CT molecular complexity index is 251. The maximum atomic E-state index is 6.38. The molecule has 2 fully saturated rings. The van der Waals surface area contributed by atoms with E-state index < -0.39 is 0 Å². The van der Waals surface area contributed by atoms with Gasteiger partial charge in [0.05, 0.1) is 0 Å². The maximum absolute atomic E-state index is 6.38. The van der Waals surface area contributed by atoms with Gasteiger partial charge in [-0.2, -0.15) is 0 Å². The Labute approximate surface area is 113 Å². The molecule has 0 spiro atoms. The number of nitrogens with two attached hydrogens (primary N) is 1. The highest BCUT2D eigenvalue weighted by Gasteiger charge is 2.32. The van der Waals surface area contributed by atoms with Gasteiger partial charge in [-0.15, -0.1) is 0 Å². The highest BCUT2D eigenvalue weighted by Crippen LogP contribution is 2.34. The average molecular weight is 252 g/mol. The Kier molecular flexibility index (Phi) is 5.08. The van der Waals surface area contributed by atoms with Crippen LogP contribution in [0.2, 0.25) is 0 Å². The van der Waals surface area contributed by atoms with E-state index in [0.29, 0.717) is 6.04 Å². The first-order valence-corrected chi connectivity index (χ1v) is 8.07. The van der Waals surface area contributed by atoms with Crippen LogP contribution in [-0.4, -0.2) is 30.1 Å². The van der Waals surface area contributed by atoms with Crippen molar-refractivity contribution in [1.29, 1.82) is 0 Å². The van der Waals surface area contributed by atoms with Crippen LogP contribution >= 0.6 is 0 Å². The minimum atomic E-state index is 0.453. The maximum Gasteiger partial charge on any atom is 0.00795 e. The molecule has 0 amide bonds. The summed E-state index contributed by atoms with van der Waals surface area (Å²) < 4.78 is 0. The molecule has 1 heterocycles. The molecule has 106 valence electrons. The quantitative estimate of drug-likeness (QED) is 0.835. The zero-order chi connectivity index (χ0) is 13.1. The molecule has 4 atom stereocenters. The van der Waals surface area contributed by atoms with Gasteiger partial charge in [-0.3, -0.25) is 0 Å². The number of piperidine rings is 1. The van der Waals surface area contributed by atoms with Crippen LogP contribution in [0.25, 0.3) is 0 Å². The summed E-state index contributed by atoms with van der Waals surface area (Å²) in [5.74, 6) is 2.49. The summed E-state index contributed by atoms with van der Waals surface area (Å²) in [5, 5.41) is 0. The molecule has 0 aromatic carbocycles. The summed E-state index contributed by atoms with van der Waals surface area (Å²) in [6.45, 7) is 9.71. The van der Waals surface area contributed by atoms with E-state index in [1.54, 1.807) is 0 Å². The van der Waals surface area contributed by atoms with Crippen LogP contribution in [0.4, 0.5) is 0 Å². The molecule has 2 aliphatic rings. The van der Waals surface area contributed by atoms with Crippen molar-refractivity contribution in [1.82, 2.24) is 4.90 Å². The minimum Gasteiger partial charge on any atom is -0.327 e. The van der Waals surface area contributed by atoms with Crippen LogP contribution in [0.1, 0.15) is 59.3 Å². The third kappa shape index (κ3) is 3.48. The molecule has 0 bridgehead atoms. The monoisotopic (exact) mass is 252 g/mol. The van der Waals surface area contributed by atoms with Gasteiger partial charge in [-0.25, -0.2) is 0 Å². The fourth-order valence-electron chi connectivity index (χ4n) is 3.87. The van der Waals surface area contributed by atoms with Crippen molar-refractivity contribution in [3.05, 3.63) is 0 Å². The lowest BCUT2D eigenvalue weighted by Crippen LogP contribution is -2.47. The molecule has 1 aliphatic heterocycles. The SMILES string of the molecule is CC(C)C1CCC(N)C(CN2CCCCC2C)C1. The lowest BCUT2D eigenvalue weighted by atomic mass is 9.73. The van der Waals surface area contributed by atoms with Crippen LogP contribution in [0, 0.1) is 17.8 Å². The second-order valence-corrected chi connectivity index (χ2v) is 7.08. The van der Waals surface area contributed by atoms with Gasteiger partial charge in [-0.05, 0) is 63.3 Å². The Hall–Kier alpha value is -0.0800. The van der Waals surface area contributed by atoms with Gasteiger partial charge < -0.3 is 10.6 Å². The molecule has 2 rings (SSSR count). The number of hydrogen-bond donors (Lipinski definition) is 1. The number of nitrogens with zero attached hydrogens (tertiary/aromatic N) is 1. The molecule has 0 radical (unpaired) electrons. The van der Waals surface area contributed by atoms with E-state index in [1.807, 2.05) is 0 Å². The summed E-state index contributed by atoms with van der Waals surface area (Å²) in [6, 6.07) is 1.24. The summed E-state index contributed by atoms with van der Waals surface area (Å²) in [6.07, 6.45) is 8.15. The minimum absolute atomic E-state index is 0.453. The van der Waals surface area contributed by atoms with Gasteiger partial charge >= 0.3 is 0 Å². The molecule has 2 N–H and O–H groups in total. The molecule has 2 nitrogen and oxygen atoms in total. The smallest absolute Gasteiger partial charge is 0.00795 e. The molecule has 1 saturated heterocycles. The first-order chi connectivity index (χ1) is 8.58. The lowest BCUT2D eigenvalue weighted by Gasteiger charge is -2.41. The largest absolute Gasteiger partial charge is 0.327 e. The summed E-state index contributed by atoms with van der Waals surface area (Å²) in [5.41, 5.74) is 6.38. The summed E-state index contributed by atoms with van der Waals surface area (Å²) in [7, 11) is 0. The zero-order valence-corrected chi connectivity index (χ0v) is 12.6. The van der Waals surface area contributed by atoms with E-state index in [2.05, 4.69) is 25.7 Å². The van der Waals surface area contributed by atoms with E-state index in [4.69, 9.17) is 5.73 Å². The van der Waals surface area contributed by atoms with Crippen molar-refractivity contribution in [3.63, 3.8) is 0 Å². The second-order valence-electron chi connectivity index (χ2n) is 7.08. The molecule has 1 aliphatic carbocycles. The van der Waals surface area contributed by atoms with E-state index in [0.717, 1.165) is 23.8 Å². The topological polar surface area (TPSA) is 29.3 Å². The van der Waals surface area contributed by atoms with Crippen LogP contribution in [-0.2, 0) is 0 Å². The summed E-state index contributed by atoms with van der Waals surface area (Å²) >= 11 is 0. The highest BCUT2D eigenvalue weighted by atomic mass is 15.2. The molecule has 18 heavy (non-hydrogen) atoms. The Morgan fingerprint density at radius 2 is 1.94 bits per heavy atom.